The molecule has 0 aliphatic heterocycles. The van der Waals surface area contributed by atoms with E-state index in [1.807, 2.05) is 0 Å². The average Bonchev–Trinajstić information content (AvgIpc) is 3.30. The molecule has 2 heteroatoms. The standard InChI is InChI=1S/C41H45N2/c1-24-31-21-26(23-40(3,4)5)13-14-29(31)25(2)37-34(24)38-35-28(17-20-42(38)8)22-32(27-15-18-41(6,7)19-16-27)36-30-11-9-10-12-33(30)43(37)39(35)36/h9-14,17,20-22,27H,15-16,18-19,23H2,1-8H3/q+1. The summed E-state index contributed by atoms with van der Waals surface area (Å²) in [5.74, 6) is 0.608. The van der Waals surface area contributed by atoms with Crippen LogP contribution in [0.3, 0.4) is 0 Å². The monoisotopic (exact) mass is 565 g/mol. The molecule has 0 saturated heterocycles. The zero-order valence-electron chi connectivity index (χ0n) is 27.3. The summed E-state index contributed by atoms with van der Waals surface area (Å²) < 4.78 is 5.05. The van der Waals surface area contributed by atoms with E-state index in [-0.39, 0.29) is 5.41 Å². The van der Waals surface area contributed by atoms with Crippen molar-refractivity contribution in [1.82, 2.24) is 4.40 Å². The molecule has 4 aromatic carbocycles. The zero-order valence-corrected chi connectivity index (χ0v) is 27.3. The quantitative estimate of drug-likeness (QED) is 0.112. The molecule has 7 aromatic rings. The first-order valence-corrected chi connectivity index (χ1v) is 16.4. The third kappa shape index (κ3) is 3.88. The van der Waals surface area contributed by atoms with E-state index < -0.39 is 0 Å². The Morgan fingerprint density at radius 1 is 0.814 bits per heavy atom. The van der Waals surface area contributed by atoms with Crippen molar-refractivity contribution in [3.05, 3.63) is 83.0 Å². The molecule has 0 N–H and O–H groups in total. The van der Waals surface area contributed by atoms with Crippen molar-refractivity contribution in [1.29, 1.82) is 0 Å². The van der Waals surface area contributed by atoms with Crippen LogP contribution < -0.4 is 4.57 Å². The SMILES string of the molecule is Cc1c2cc(CC(C)(C)C)ccc2c(C)c2c1c1c3c(cc[n+]1C)cc(C1CCC(C)(C)CC1)c1c4ccccc4n2c13. The predicted octanol–water partition coefficient (Wildman–Crippen LogP) is 10.9. The Kier molecular flexibility index (Phi) is 5.60. The number of hydrogen-bond donors (Lipinski definition) is 0. The molecule has 0 bridgehead atoms. The van der Waals surface area contributed by atoms with Crippen LogP contribution in [0.15, 0.2) is 60.8 Å². The van der Waals surface area contributed by atoms with Crippen LogP contribution in [0.1, 0.15) is 88.5 Å². The van der Waals surface area contributed by atoms with Gasteiger partial charge in [0.2, 0.25) is 5.52 Å². The van der Waals surface area contributed by atoms with Gasteiger partial charge in [-0.25, -0.2) is 4.57 Å². The van der Waals surface area contributed by atoms with E-state index in [0.29, 0.717) is 11.3 Å². The van der Waals surface area contributed by atoms with Crippen molar-refractivity contribution in [2.45, 2.75) is 86.5 Å². The van der Waals surface area contributed by atoms with Crippen molar-refractivity contribution in [3.63, 3.8) is 0 Å². The molecular formula is C41H45N2+. The van der Waals surface area contributed by atoms with Gasteiger partial charge in [0.15, 0.2) is 6.20 Å². The van der Waals surface area contributed by atoms with Gasteiger partial charge >= 0.3 is 0 Å². The number of nitrogens with zero attached hydrogens (tertiary/aromatic N) is 2. The van der Waals surface area contributed by atoms with Gasteiger partial charge in [-0.05, 0) is 113 Å². The lowest BCUT2D eigenvalue weighted by Crippen LogP contribution is -2.29. The Bertz CT molecular complexity index is 2240. The summed E-state index contributed by atoms with van der Waals surface area (Å²) in [5, 5.41) is 9.86. The smallest absolute Gasteiger partial charge is 0.224 e. The number of aromatic nitrogens is 2. The number of rotatable bonds is 2. The maximum absolute atomic E-state index is 2.66. The van der Waals surface area contributed by atoms with Crippen LogP contribution in [-0.4, -0.2) is 4.40 Å². The molecule has 0 spiro atoms. The summed E-state index contributed by atoms with van der Waals surface area (Å²) in [4.78, 5) is 0. The zero-order chi connectivity index (χ0) is 30.0. The fourth-order valence-electron chi connectivity index (χ4n) is 8.75. The van der Waals surface area contributed by atoms with Gasteiger partial charge in [-0.2, -0.15) is 0 Å². The first-order valence-electron chi connectivity index (χ1n) is 16.4. The summed E-state index contributed by atoms with van der Waals surface area (Å²) >= 11 is 0. The second-order valence-corrected chi connectivity index (χ2v) is 15.8. The first-order chi connectivity index (χ1) is 20.4. The largest absolute Gasteiger partial charge is 0.307 e. The van der Waals surface area contributed by atoms with E-state index in [2.05, 4.69) is 125 Å². The molecule has 43 heavy (non-hydrogen) atoms. The van der Waals surface area contributed by atoms with Crippen LogP contribution in [-0.2, 0) is 13.5 Å². The van der Waals surface area contributed by atoms with Crippen molar-refractivity contribution >= 4 is 59.8 Å². The summed E-state index contributed by atoms with van der Waals surface area (Å²) in [6.45, 7) is 16.7. The molecule has 1 fully saturated rings. The van der Waals surface area contributed by atoms with Crippen molar-refractivity contribution in [2.24, 2.45) is 17.9 Å². The van der Waals surface area contributed by atoms with Gasteiger partial charge in [-0.15, -0.1) is 0 Å². The maximum atomic E-state index is 2.66. The molecule has 8 rings (SSSR count). The number of fused-ring (bicyclic) bond motifs is 7. The molecule has 1 aliphatic rings. The highest BCUT2D eigenvalue weighted by molar-refractivity contribution is 6.29. The van der Waals surface area contributed by atoms with Crippen LogP contribution in [0, 0.1) is 24.7 Å². The van der Waals surface area contributed by atoms with Crippen LogP contribution >= 0.6 is 0 Å². The van der Waals surface area contributed by atoms with Gasteiger partial charge in [-0.3, -0.25) is 0 Å². The van der Waals surface area contributed by atoms with E-state index in [1.54, 1.807) is 5.56 Å². The summed E-state index contributed by atoms with van der Waals surface area (Å²) in [5.41, 5.74) is 12.0. The second kappa shape index (κ2) is 8.94. The third-order valence-electron chi connectivity index (χ3n) is 10.9. The van der Waals surface area contributed by atoms with E-state index in [1.165, 1.54) is 102 Å². The molecule has 0 amide bonds. The maximum Gasteiger partial charge on any atom is 0.224 e. The molecule has 2 nitrogen and oxygen atoms in total. The van der Waals surface area contributed by atoms with Gasteiger partial charge in [0.25, 0.3) is 0 Å². The van der Waals surface area contributed by atoms with Gasteiger partial charge in [0, 0.05) is 16.8 Å². The van der Waals surface area contributed by atoms with E-state index in [4.69, 9.17) is 0 Å². The number of aryl methyl sites for hydroxylation is 3. The highest BCUT2D eigenvalue weighted by Crippen LogP contribution is 2.50. The van der Waals surface area contributed by atoms with Crippen molar-refractivity contribution in [3.8, 4) is 0 Å². The highest BCUT2D eigenvalue weighted by atomic mass is 15.0. The minimum absolute atomic E-state index is 0.253. The minimum atomic E-state index is 0.253. The third-order valence-corrected chi connectivity index (χ3v) is 10.9. The lowest BCUT2D eigenvalue weighted by Gasteiger charge is -2.35. The number of para-hydroxylation sites is 1. The normalized spacial score (nSPS) is 16.7. The van der Waals surface area contributed by atoms with E-state index >= 15 is 0 Å². The molecule has 1 aliphatic carbocycles. The fraction of sp³-hybridized carbons (Fsp3) is 0.390. The first kappa shape index (κ1) is 26.9. The lowest BCUT2D eigenvalue weighted by atomic mass is 9.70. The Balaban J connectivity index is 1.58. The summed E-state index contributed by atoms with van der Waals surface area (Å²) in [6.07, 6.45) is 8.53. The molecule has 1 saturated carbocycles. The fourth-order valence-corrected chi connectivity index (χ4v) is 8.75. The Morgan fingerprint density at radius 2 is 1.56 bits per heavy atom. The highest BCUT2D eigenvalue weighted by Gasteiger charge is 2.32. The lowest BCUT2D eigenvalue weighted by molar-refractivity contribution is -0.643. The molecule has 3 aromatic heterocycles. The van der Waals surface area contributed by atoms with Crippen LogP contribution in [0.2, 0.25) is 0 Å². The molecular weight excluding hydrogens is 520 g/mol. The van der Waals surface area contributed by atoms with Crippen molar-refractivity contribution < 1.29 is 4.57 Å². The predicted molar refractivity (Wildman–Crippen MR) is 185 cm³/mol. The van der Waals surface area contributed by atoms with Crippen LogP contribution in [0.4, 0.5) is 0 Å². The Morgan fingerprint density at radius 3 is 2.30 bits per heavy atom. The van der Waals surface area contributed by atoms with Crippen LogP contribution in [0.25, 0.3) is 59.8 Å². The van der Waals surface area contributed by atoms with Gasteiger partial charge in [0.1, 0.15) is 7.05 Å². The minimum Gasteiger partial charge on any atom is -0.307 e. The molecule has 218 valence electrons. The number of pyridine rings is 2. The topological polar surface area (TPSA) is 8.29 Å². The Labute approximate surface area is 255 Å². The summed E-state index contributed by atoms with van der Waals surface area (Å²) in [6, 6.07) is 21.4. The summed E-state index contributed by atoms with van der Waals surface area (Å²) in [7, 11) is 2.24. The number of hydrogen-bond acceptors (Lipinski definition) is 0. The van der Waals surface area contributed by atoms with Gasteiger partial charge < -0.3 is 4.40 Å². The molecule has 0 atom stereocenters. The van der Waals surface area contributed by atoms with Crippen LogP contribution in [0.5, 0.6) is 0 Å². The molecule has 3 heterocycles. The number of benzene rings is 4. The molecule has 0 unspecified atom stereocenters. The van der Waals surface area contributed by atoms with Crippen molar-refractivity contribution in [2.75, 3.05) is 0 Å². The van der Waals surface area contributed by atoms with E-state index in [0.717, 1.165) is 6.42 Å². The second-order valence-electron chi connectivity index (χ2n) is 15.8. The Hall–Kier alpha value is -3.65. The average molecular weight is 566 g/mol. The van der Waals surface area contributed by atoms with E-state index in [9.17, 15) is 0 Å². The molecule has 0 radical (unpaired) electrons. The van der Waals surface area contributed by atoms with Gasteiger partial charge in [-0.1, -0.05) is 71.0 Å². The van der Waals surface area contributed by atoms with Gasteiger partial charge in [0.05, 0.1) is 27.3 Å².